The molecule has 220 valence electrons. The zero-order valence-electron chi connectivity index (χ0n) is 24.4. The molecule has 0 aliphatic heterocycles. The first-order chi connectivity index (χ1) is 19.1. The third-order valence-corrected chi connectivity index (χ3v) is 6.44. The number of nitrogens with zero attached hydrogens (tertiary/aromatic N) is 4. The van der Waals surface area contributed by atoms with Crippen LogP contribution in [0.4, 0.5) is 14.9 Å². The van der Waals surface area contributed by atoms with E-state index < -0.39 is 46.8 Å². The maximum atomic E-state index is 13.4. The largest absolute Gasteiger partial charge is 0.453 e. The quantitative estimate of drug-likeness (QED) is 0.367. The minimum Gasteiger partial charge on any atom is -0.453 e. The Morgan fingerprint density at radius 2 is 1.71 bits per heavy atom. The van der Waals surface area contributed by atoms with Crippen molar-refractivity contribution in [2.75, 3.05) is 12.4 Å². The van der Waals surface area contributed by atoms with E-state index in [9.17, 15) is 23.6 Å². The standard InChI is InChI=1S/C28H35FN6O6/c1-15(2)20(21(37)22-33-34-25(41-22)28(6,7)16-9-11-17(29)12-10-16)32-19(36)14-35-23(38)18(31-26(39)40-8)13-30-24(35)27(3,4)5/h9-13,15,20H,14H2,1-8H3,(H,31,39)(H,32,36)/t20-/m1/s1. The number of ether oxygens (including phenoxy) is 1. The number of carbonyl (C=O) groups is 3. The first-order valence-corrected chi connectivity index (χ1v) is 12.9. The molecule has 1 atom stereocenters. The summed E-state index contributed by atoms with van der Waals surface area (Å²) in [7, 11) is 1.15. The highest BCUT2D eigenvalue weighted by Crippen LogP contribution is 2.31. The van der Waals surface area contributed by atoms with Crippen molar-refractivity contribution in [2.24, 2.45) is 5.92 Å². The molecule has 2 heterocycles. The Labute approximate surface area is 236 Å². The second-order valence-electron chi connectivity index (χ2n) is 11.5. The molecule has 3 rings (SSSR count). The molecule has 0 saturated heterocycles. The molecule has 0 unspecified atom stereocenters. The fraction of sp³-hybridized carbons (Fsp3) is 0.464. The number of aromatic nitrogens is 4. The summed E-state index contributed by atoms with van der Waals surface area (Å²) in [5, 5.41) is 12.9. The lowest BCUT2D eigenvalue weighted by atomic mass is 9.84. The molecule has 3 aromatic rings. The number of hydrogen-bond donors (Lipinski definition) is 2. The van der Waals surface area contributed by atoms with Gasteiger partial charge in [-0.2, -0.15) is 0 Å². The number of halogens is 1. The van der Waals surface area contributed by atoms with Gasteiger partial charge in [0, 0.05) is 5.41 Å². The molecule has 2 N–H and O–H groups in total. The van der Waals surface area contributed by atoms with Gasteiger partial charge in [-0.05, 0) is 37.5 Å². The summed E-state index contributed by atoms with van der Waals surface area (Å²) in [5.41, 5.74) is -1.59. The van der Waals surface area contributed by atoms with E-state index in [1.54, 1.807) is 39.8 Å². The Balaban J connectivity index is 1.86. The summed E-state index contributed by atoms with van der Waals surface area (Å²) in [6.45, 7) is 12.0. The van der Waals surface area contributed by atoms with Crippen molar-refractivity contribution >= 4 is 23.5 Å². The topological polar surface area (TPSA) is 158 Å². The van der Waals surface area contributed by atoms with Crippen molar-refractivity contribution in [3.8, 4) is 0 Å². The van der Waals surface area contributed by atoms with Crippen LogP contribution in [0.2, 0.25) is 0 Å². The fourth-order valence-electron chi connectivity index (χ4n) is 4.08. The monoisotopic (exact) mass is 570 g/mol. The van der Waals surface area contributed by atoms with E-state index in [1.807, 2.05) is 20.8 Å². The number of nitrogens with one attached hydrogen (secondary N) is 2. The van der Waals surface area contributed by atoms with Gasteiger partial charge in [-0.25, -0.2) is 14.2 Å². The number of amides is 2. The number of anilines is 1. The van der Waals surface area contributed by atoms with Crippen LogP contribution in [0.15, 0.2) is 39.7 Å². The normalized spacial score (nSPS) is 12.6. The lowest BCUT2D eigenvalue weighted by molar-refractivity contribution is -0.122. The number of hydrogen-bond acceptors (Lipinski definition) is 9. The van der Waals surface area contributed by atoms with Crippen LogP contribution in [0.1, 0.15) is 76.4 Å². The third-order valence-electron chi connectivity index (χ3n) is 6.44. The Kier molecular flexibility index (Phi) is 9.09. The van der Waals surface area contributed by atoms with E-state index >= 15 is 0 Å². The minimum atomic E-state index is -1.05. The Morgan fingerprint density at radius 3 is 2.27 bits per heavy atom. The van der Waals surface area contributed by atoms with Crippen LogP contribution in [0.3, 0.4) is 0 Å². The number of Topliss-reactive ketones (excluding diaryl/α,β-unsaturated/α-hetero) is 1. The summed E-state index contributed by atoms with van der Waals surface area (Å²) >= 11 is 0. The van der Waals surface area contributed by atoms with Gasteiger partial charge < -0.3 is 14.5 Å². The second-order valence-corrected chi connectivity index (χ2v) is 11.5. The van der Waals surface area contributed by atoms with E-state index in [1.165, 1.54) is 18.3 Å². The van der Waals surface area contributed by atoms with E-state index in [2.05, 4.69) is 30.6 Å². The van der Waals surface area contributed by atoms with Gasteiger partial charge in [-0.15, -0.1) is 10.2 Å². The molecule has 0 aliphatic carbocycles. The van der Waals surface area contributed by atoms with Crippen molar-refractivity contribution < 1.29 is 27.9 Å². The van der Waals surface area contributed by atoms with Crippen molar-refractivity contribution in [1.82, 2.24) is 25.1 Å². The van der Waals surface area contributed by atoms with Crippen LogP contribution in [-0.4, -0.2) is 50.7 Å². The van der Waals surface area contributed by atoms with Crippen molar-refractivity contribution in [3.63, 3.8) is 0 Å². The lowest BCUT2D eigenvalue weighted by Crippen LogP contribution is -2.47. The molecule has 0 aliphatic rings. The molecule has 0 spiro atoms. The van der Waals surface area contributed by atoms with E-state index in [0.29, 0.717) is 11.4 Å². The van der Waals surface area contributed by atoms with Crippen LogP contribution in [0.25, 0.3) is 0 Å². The summed E-state index contributed by atoms with van der Waals surface area (Å²) < 4.78 is 24.8. The molecule has 13 heteroatoms. The summed E-state index contributed by atoms with van der Waals surface area (Å²) in [4.78, 5) is 55.7. The zero-order chi connectivity index (χ0) is 30.7. The molecule has 1 aromatic carbocycles. The van der Waals surface area contributed by atoms with Crippen LogP contribution >= 0.6 is 0 Å². The highest BCUT2D eigenvalue weighted by atomic mass is 19.1. The van der Waals surface area contributed by atoms with E-state index in [-0.39, 0.29) is 29.2 Å². The molecular weight excluding hydrogens is 535 g/mol. The maximum Gasteiger partial charge on any atom is 0.411 e. The van der Waals surface area contributed by atoms with Crippen LogP contribution in [-0.2, 0) is 26.9 Å². The van der Waals surface area contributed by atoms with Gasteiger partial charge in [0.1, 0.15) is 23.9 Å². The Bertz CT molecular complexity index is 1490. The van der Waals surface area contributed by atoms with Crippen LogP contribution < -0.4 is 16.2 Å². The minimum absolute atomic E-state index is 0.142. The van der Waals surface area contributed by atoms with Crippen molar-refractivity contribution in [2.45, 2.75) is 71.9 Å². The molecule has 2 amide bonds. The molecule has 0 saturated carbocycles. The summed E-state index contributed by atoms with van der Waals surface area (Å²) in [6.07, 6.45) is 0.338. The lowest BCUT2D eigenvalue weighted by Gasteiger charge is -2.24. The van der Waals surface area contributed by atoms with Gasteiger partial charge in [0.2, 0.25) is 17.6 Å². The number of ketones is 1. The van der Waals surface area contributed by atoms with Gasteiger partial charge in [0.25, 0.3) is 11.4 Å². The van der Waals surface area contributed by atoms with Gasteiger partial charge in [-0.3, -0.25) is 24.3 Å². The van der Waals surface area contributed by atoms with E-state index in [0.717, 1.165) is 11.7 Å². The summed E-state index contributed by atoms with van der Waals surface area (Å²) in [5.74, 6) is -1.88. The van der Waals surface area contributed by atoms with Gasteiger partial charge in [0.15, 0.2) is 0 Å². The Hall–Kier alpha value is -4.42. The SMILES string of the molecule is COC(=O)Nc1cnc(C(C)(C)C)n(CC(=O)N[C@@H](C(=O)c2nnc(C(C)(C)c3ccc(F)cc3)o2)C(C)C)c1=O. The molecular formula is C28H35FN6O6. The Morgan fingerprint density at radius 1 is 1.07 bits per heavy atom. The van der Waals surface area contributed by atoms with Crippen LogP contribution in [0.5, 0.6) is 0 Å². The molecule has 41 heavy (non-hydrogen) atoms. The number of benzene rings is 1. The first kappa shape index (κ1) is 31.1. The van der Waals surface area contributed by atoms with Crippen molar-refractivity contribution in [1.29, 1.82) is 0 Å². The van der Waals surface area contributed by atoms with Crippen molar-refractivity contribution in [3.05, 3.63) is 69.8 Å². The average molecular weight is 571 g/mol. The maximum absolute atomic E-state index is 13.4. The highest BCUT2D eigenvalue weighted by molar-refractivity contribution is 5.98. The molecule has 12 nitrogen and oxygen atoms in total. The number of carbonyl (C=O) groups excluding carboxylic acids is 3. The first-order valence-electron chi connectivity index (χ1n) is 12.9. The van der Waals surface area contributed by atoms with Gasteiger partial charge in [-0.1, -0.05) is 46.8 Å². The average Bonchev–Trinajstić information content (AvgIpc) is 3.40. The third kappa shape index (κ3) is 7.02. The highest BCUT2D eigenvalue weighted by Gasteiger charge is 2.34. The zero-order valence-corrected chi connectivity index (χ0v) is 24.4. The van der Waals surface area contributed by atoms with Gasteiger partial charge >= 0.3 is 6.09 Å². The summed E-state index contributed by atoms with van der Waals surface area (Å²) in [6, 6.07) is 4.77. The predicted molar refractivity (Wildman–Crippen MR) is 147 cm³/mol. The number of methoxy groups -OCH3 is 1. The number of rotatable bonds is 9. The molecule has 0 radical (unpaired) electrons. The van der Waals surface area contributed by atoms with E-state index in [4.69, 9.17) is 4.42 Å². The smallest absolute Gasteiger partial charge is 0.411 e. The second kappa shape index (κ2) is 12.0. The predicted octanol–water partition coefficient (Wildman–Crippen LogP) is 3.59. The fourth-order valence-corrected chi connectivity index (χ4v) is 4.08. The molecule has 2 aromatic heterocycles. The molecule has 0 fully saturated rings. The van der Waals surface area contributed by atoms with Gasteiger partial charge in [0.05, 0.1) is 24.8 Å². The molecule has 0 bridgehead atoms. The van der Waals surface area contributed by atoms with Crippen LogP contribution in [0, 0.1) is 11.7 Å².